The molecular formula is C24H34N6O. The first-order chi connectivity index (χ1) is 14.8. The number of hydrogen-bond donors (Lipinski definition) is 2. The molecule has 1 aromatic carbocycles. The Labute approximate surface area is 183 Å². The summed E-state index contributed by atoms with van der Waals surface area (Å²) in [6.07, 6.45) is 6.59. The fraction of sp³-hybridized carbons (Fsp3) is 0.542. The van der Waals surface area contributed by atoms with E-state index in [1.165, 1.54) is 43.7 Å². The summed E-state index contributed by atoms with van der Waals surface area (Å²) >= 11 is 0. The summed E-state index contributed by atoms with van der Waals surface area (Å²) in [4.78, 5) is 23.7. The van der Waals surface area contributed by atoms with Gasteiger partial charge < -0.3 is 10.2 Å². The van der Waals surface area contributed by atoms with Gasteiger partial charge in [-0.05, 0) is 30.9 Å². The molecule has 0 spiro atoms. The predicted octanol–water partition coefficient (Wildman–Crippen LogP) is 4.06. The van der Waals surface area contributed by atoms with Gasteiger partial charge in [-0.1, -0.05) is 64.3 Å². The fourth-order valence-corrected chi connectivity index (χ4v) is 4.32. The van der Waals surface area contributed by atoms with Gasteiger partial charge in [0.1, 0.15) is 0 Å². The highest BCUT2D eigenvalue weighted by molar-refractivity contribution is 5.60. The molecule has 0 amide bonds. The number of likely N-dealkylation sites (N-methyl/N-ethyl adjacent to an activating group) is 1. The van der Waals surface area contributed by atoms with Gasteiger partial charge in [0.2, 0.25) is 5.95 Å². The van der Waals surface area contributed by atoms with E-state index >= 15 is 0 Å². The number of nitrogens with one attached hydrogen (secondary N) is 2. The monoisotopic (exact) mass is 422 g/mol. The average molecular weight is 423 g/mol. The standard InChI is InChI=1S/C24H34N6O/c1-24(2,3)18-12-10-17(11-13-18)22-26-20-16-21(31)28-30(20)23(27-22)25-14-15-29(4)19-8-6-5-7-9-19/h10-13,16,19H,5-9,14-15H2,1-4H3,(H,28,31)(H,25,26,27). The van der Waals surface area contributed by atoms with Crippen molar-refractivity contribution in [1.29, 1.82) is 0 Å². The van der Waals surface area contributed by atoms with Crippen molar-refractivity contribution in [2.24, 2.45) is 0 Å². The molecule has 0 unspecified atom stereocenters. The Hall–Kier alpha value is -2.67. The van der Waals surface area contributed by atoms with Crippen LogP contribution in [0.25, 0.3) is 17.0 Å². The van der Waals surface area contributed by atoms with E-state index in [2.05, 4.69) is 72.4 Å². The lowest BCUT2D eigenvalue weighted by Gasteiger charge is -2.31. The van der Waals surface area contributed by atoms with Crippen LogP contribution in [0.2, 0.25) is 0 Å². The van der Waals surface area contributed by atoms with Crippen molar-refractivity contribution in [2.45, 2.75) is 64.3 Å². The van der Waals surface area contributed by atoms with E-state index < -0.39 is 0 Å². The number of aromatic amines is 1. The number of benzene rings is 1. The van der Waals surface area contributed by atoms with Crippen LogP contribution in [0.5, 0.6) is 0 Å². The van der Waals surface area contributed by atoms with Gasteiger partial charge in [0.15, 0.2) is 11.5 Å². The number of anilines is 1. The molecule has 1 aliphatic carbocycles. The fourth-order valence-electron chi connectivity index (χ4n) is 4.32. The van der Waals surface area contributed by atoms with Crippen LogP contribution in [0.3, 0.4) is 0 Å². The Bertz CT molecular complexity index is 1070. The molecule has 0 saturated heterocycles. The molecule has 3 aromatic rings. The molecule has 2 aromatic heterocycles. The van der Waals surface area contributed by atoms with Crippen LogP contribution in [0, 0.1) is 0 Å². The van der Waals surface area contributed by atoms with Crippen molar-refractivity contribution in [3.63, 3.8) is 0 Å². The van der Waals surface area contributed by atoms with Crippen molar-refractivity contribution in [3.8, 4) is 11.4 Å². The maximum absolute atomic E-state index is 12.0. The molecule has 1 aliphatic rings. The normalized spacial score (nSPS) is 15.6. The Morgan fingerprint density at radius 2 is 1.84 bits per heavy atom. The van der Waals surface area contributed by atoms with E-state index in [1.54, 1.807) is 4.52 Å². The van der Waals surface area contributed by atoms with Crippen molar-refractivity contribution in [3.05, 3.63) is 46.2 Å². The molecule has 2 N–H and O–H groups in total. The quantitative estimate of drug-likeness (QED) is 0.626. The lowest BCUT2D eigenvalue weighted by Crippen LogP contribution is -2.36. The van der Waals surface area contributed by atoms with Crippen LogP contribution in [0.4, 0.5) is 5.95 Å². The summed E-state index contributed by atoms with van der Waals surface area (Å²) < 4.78 is 1.63. The van der Waals surface area contributed by atoms with E-state index in [0.717, 1.165) is 18.7 Å². The molecule has 0 radical (unpaired) electrons. The van der Waals surface area contributed by atoms with Gasteiger partial charge in [-0.15, -0.1) is 0 Å². The van der Waals surface area contributed by atoms with Crippen LogP contribution >= 0.6 is 0 Å². The third-order valence-corrected chi connectivity index (χ3v) is 6.31. The molecule has 2 heterocycles. The minimum absolute atomic E-state index is 0.0916. The first-order valence-corrected chi connectivity index (χ1v) is 11.4. The Balaban J connectivity index is 1.54. The van der Waals surface area contributed by atoms with E-state index in [0.29, 0.717) is 23.5 Å². The lowest BCUT2D eigenvalue weighted by atomic mass is 9.87. The van der Waals surface area contributed by atoms with Gasteiger partial charge in [-0.2, -0.15) is 4.98 Å². The van der Waals surface area contributed by atoms with E-state index in [1.807, 2.05) is 0 Å². The second-order valence-electron chi connectivity index (χ2n) is 9.71. The minimum Gasteiger partial charge on any atom is -0.353 e. The predicted molar refractivity (Wildman–Crippen MR) is 126 cm³/mol. The van der Waals surface area contributed by atoms with Gasteiger partial charge in [0.25, 0.3) is 5.56 Å². The number of aromatic nitrogens is 4. The third-order valence-electron chi connectivity index (χ3n) is 6.31. The number of hydrogen-bond acceptors (Lipinski definition) is 5. The largest absolute Gasteiger partial charge is 0.353 e. The molecule has 0 bridgehead atoms. The van der Waals surface area contributed by atoms with E-state index in [-0.39, 0.29) is 11.0 Å². The summed E-state index contributed by atoms with van der Waals surface area (Å²) in [6, 6.07) is 10.5. The summed E-state index contributed by atoms with van der Waals surface area (Å²) in [5, 5.41) is 6.21. The SMILES string of the molecule is CN(CCNc1nc(-c2ccc(C(C)(C)C)cc2)nc2cc(=O)[nH]n12)C1CCCCC1. The number of fused-ring (bicyclic) bond motifs is 1. The maximum Gasteiger partial charge on any atom is 0.266 e. The Morgan fingerprint density at radius 1 is 1.13 bits per heavy atom. The minimum atomic E-state index is -0.183. The third kappa shape index (κ3) is 4.98. The summed E-state index contributed by atoms with van der Waals surface area (Å²) in [5.41, 5.74) is 2.68. The van der Waals surface area contributed by atoms with Crippen molar-refractivity contribution in [1.82, 2.24) is 24.5 Å². The summed E-state index contributed by atoms with van der Waals surface area (Å²) in [7, 11) is 2.20. The molecular weight excluding hydrogens is 388 g/mol. The smallest absolute Gasteiger partial charge is 0.266 e. The molecule has 166 valence electrons. The number of H-pyrrole nitrogens is 1. The molecule has 0 atom stereocenters. The molecule has 7 heteroatoms. The molecule has 7 nitrogen and oxygen atoms in total. The molecule has 1 saturated carbocycles. The topological polar surface area (TPSA) is 78.3 Å². The van der Waals surface area contributed by atoms with Crippen LogP contribution < -0.4 is 10.9 Å². The zero-order valence-electron chi connectivity index (χ0n) is 19.1. The zero-order valence-corrected chi connectivity index (χ0v) is 19.1. The highest BCUT2D eigenvalue weighted by Gasteiger charge is 2.18. The first kappa shape index (κ1) is 21.6. The average Bonchev–Trinajstić information content (AvgIpc) is 3.14. The zero-order chi connectivity index (χ0) is 22.0. The number of nitrogens with zero attached hydrogens (tertiary/aromatic N) is 4. The summed E-state index contributed by atoms with van der Waals surface area (Å²) in [5.74, 6) is 1.22. The first-order valence-electron chi connectivity index (χ1n) is 11.4. The summed E-state index contributed by atoms with van der Waals surface area (Å²) in [6.45, 7) is 8.27. The van der Waals surface area contributed by atoms with E-state index in [4.69, 9.17) is 4.98 Å². The van der Waals surface area contributed by atoms with E-state index in [9.17, 15) is 4.79 Å². The molecule has 31 heavy (non-hydrogen) atoms. The molecule has 1 fully saturated rings. The second kappa shape index (κ2) is 8.83. The van der Waals surface area contributed by atoms with Gasteiger partial charge in [-0.25, -0.2) is 9.50 Å². The van der Waals surface area contributed by atoms with Crippen LogP contribution in [0.15, 0.2) is 35.1 Å². The molecule has 0 aliphatic heterocycles. The molecule has 4 rings (SSSR count). The van der Waals surface area contributed by atoms with Crippen LogP contribution in [-0.4, -0.2) is 50.7 Å². The highest BCUT2D eigenvalue weighted by Crippen LogP contribution is 2.25. The van der Waals surface area contributed by atoms with Crippen molar-refractivity contribution < 1.29 is 0 Å². The van der Waals surface area contributed by atoms with Crippen molar-refractivity contribution in [2.75, 3.05) is 25.5 Å². The van der Waals surface area contributed by atoms with Gasteiger partial charge in [0, 0.05) is 30.8 Å². The second-order valence-corrected chi connectivity index (χ2v) is 9.71. The lowest BCUT2D eigenvalue weighted by molar-refractivity contribution is 0.198. The van der Waals surface area contributed by atoms with Gasteiger partial charge in [0.05, 0.1) is 0 Å². The number of rotatable bonds is 6. The Kier molecular flexibility index (Phi) is 6.14. The van der Waals surface area contributed by atoms with Crippen molar-refractivity contribution >= 4 is 11.6 Å². The van der Waals surface area contributed by atoms with Gasteiger partial charge in [-0.3, -0.25) is 9.89 Å². The van der Waals surface area contributed by atoms with Crippen LogP contribution in [0.1, 0.15) is 58.4 Å². The highest BCUT2D eigenvalue weighted by atomic mass is 16.1. The van der Waals surface area contributed by atoms with Gasteiger partial charge >= 0.3 is 0 Å². The maximum atomic E-state index is 12.0. The Morgan fingerprint density at radius 3 is 2.52 bits per heavy atom. The van der Waals surface area contributed by atoms with Crippen LogP contribution in [-0.2, 0) is 5.41 Å².